The van der Waals surface area contributed by atoms with Crippen molar-refractivity contribution in [3.05, 3.63) is 33.2 Å². The molecular weight excluding hydrogens is 268 g/mol. The molecule has 100 valence electrons. The molecule has 1 rings (SSSR count). The molecule has 0 bridgehead atoms. The van der Waals surface area contributed by atoms with Crippen LogP contribution in [0.15, 0.2) is 10.9 Å². The summed E-state index contributed by atoms with van der Waals surface area (Å²) < 4.78 is 30.3. The molecule has 0 unspecified atom stereocenters. The smallest absolute Gasteiger partial charge is 0.310 e. The maximum absolute atomic E-state index is 12.8. The fraction of sp³-hybridized carbons (Fsp3) is 0.455. The van der Waals surface area contributed by atoms with Gasteiger partial charge in [-0.15, -0.1) is 11.6 Å². The van der Waals surface area contributed by atoms with E-state index in [0.29, 0.717) is 0 Å². The van der Waals surface area contributed by atoms with Crippen molar-refractivity contribution in [2.75, 3.05) is 6.61 Å². The average molecular weight is 280 g/mol. The van der Waals surface area contributed by atoms with E-state index in [9.17, 15) is 18.4 Å². The Balaban J connectivity index is 3.21. The number of aromatic nitrogens is 1. The number of pyridine rings is 1. The van der Waals surface area contributed by atoms with Crippen molar-refractivity contribution < 1.29 is 18.3 Å². The molecule has 1 aromatic heterocycles. The molecule has 0 atom stereocenters. The van der Waals surface area contributed by atoms with Crippen LogP contribution >= 0.6 is 11.6 Å². The summed E-state index contributed by atoms with van der Waals surface area (Å²) in [6.07, 6.45) is -3.19. The van der Waals surface area contributed by atoms with E-state index in [0.717, 1.165) is 6.07 Å². The van der Waals surface area contributed by atoms with E-state index in [1.54, 1.807) is 6.92 Å². The molecule has 0 saturated carbocycles. The largest absolute Gasteiger partial charge is 0.466 e. The van der Waals surface area contributed by atoms with Gasteiger partial charge in [-0.1, -0.05) is 0 Å². The molecule has 0 aliphatic heterocycles. The van der Waals surface area contributed by atoms with Crippen molar-refractivity contribution in [2.45, 2.75) is 25.7 Å². The van der Waals surface area contributed by atoms with Crippen LogP contribution < -0.4 is 5.56 Å². The Labute approximate surface area is 107 Å². The Morgan fingerprint density at radius 3 is 2.72 bits per heavy atom. The fourth-order valence-electron chi connectivity index (χ4n) is 1.54. The summed E-state index contributed by atoms with van der Waals surface area (Å²) in [5.41, 5.74) is -1.01. The molecule has 0 aliphatic rings. The number of carbonyl (C=O) groups is 1. The number of ether oxygens (including phenoxy) is 1. The lowest BCUT2D eigenvalue weighted by Crippen LogP contribution is -2.17. The van der Waals surface area contributed by atoms with Crippen LogP contribution in [0.5, 0.6) is 0 Å². The molecule has 1 aromatic rings. The Hall–Kier alpha value is -1.43. The number of hydrogen-bond acceptors (Lipinski definition) is 3. The third-order valence-corrected chi connectivity index (χ3v) is 2.54. The first-order valence-electron chi connectivity index (χ1n) is 5.24. The number of hydrogen-bond donors (Lipinski definition) is 1. The minimum atomic E-state index is -2.85. The standard InChI is InChI=1S/C11H12ClF2NO3/c1-2-18-10(17)4-6-7(11(13)14)3-9(16)15-8(6)5-12/h3,11H,2,4-5H2,1H3,(H,15,16). The topological polar surface area (TPSA) is 59.2 Å². The second kappa shape index (κ2) is 6.49. The molecule has 0 aliphatic carbocycles. The maximum Gasteiger partial charge on any atom is 0.310 e. The van der Waals surface area contributed by atoms with Crippen molar-refractivity contribution in [3.63, 3.8) is 0 Å². The highest BCUT2D eigenvalue weighted by molar-refractivity contribution is 6.17. The second-order valence-corrected chi connectivity index (χ2v) is 3.73. The Kier molecular flexibility index (Phi) is 5.27. The van der Waals surface area contributed by atoms with Crippen LogP contribution in [0.3, 0.4) is 0 Å². The van der Waals surface area contributed by atoms with Gasteiger partial charge in [0, 0.05) is 17.3 Å². The molecular formula is C11H12ClF2NO3. The van der Waals surface area contributed by atoms with E-state index >= 15 is 0 Å². The average Bonchev–Trinajstić information content (AvgIpc) is 2.30. The van der Waals surface area contributed by atoms with Crippen LogP contribution in [0.1, 0.15) is 30.2 Å². The molecule has 0 fully saturated rings. The zero-order valence-corrected chi connectivity index (χ0v) is 10.4. The van der Waals surface area contributed by atoms with Gasteiger partial charge >= 0.3 is 5.97 Å². The predicted octanol–water partition coefficient (Wildman–Crippen LogP) is 2.16. The number of nitrogens with one attached hydrogen (secondary N) is 1. The molecule has 0 aromatic carbocycles. The maximum atomic E-state index is 12.8. The summed E-state index contributed by atoms with van der Waals surface area (Å²) in [6.45, 7) is 1.77. The van der Waals surface area contributed by atoms with Crippen molar-refractivity contribution >= 4 is 17.6 Å². The van der Waals surface area contributed by atoms with Gasteiger partial charge in [0.1, 0.15) is 0 Å². The monoisotopic (exact) mass is 279 g/mol. The van der Waals surface area contributed by atoms with Crippen LogP contribution in [0.25, 0.3) is 0 Å². The lowest BCUT2D eigenvalue weighted by atomic mass is 10.0. The van der Waals surface area contributed by atoms with Crippen LogP contribution in [0.4, 0.5) is 8.78 Å². The van der Waals surface area contributed by atoms with Gasteiger partial charge in [0.15, 0.2) is 0 Å². The Morgan fingerprint density at radius 2 is 2.22 bits per heavy atom. The highest BCUT2D eigenvalue weighted by Gasteiger charge is 2.20. The van der Waals surface area contributed by atoms with Gasteiger partial charge in [0.2, 0.25) is 5.56 Å². The molecule has 0 saturated heterocycles. The van der Waals surface area contributed by atoms with Crippen LogP contribution in [0, 0.1) is 0 Å². The summed E-state index contributed by atoms with van der Waals surface area (Å²) in [6, 6.07) is 0.773. The van der Waals surface area contributed by atoms with Crippen LogP contribution in [0.2, 0.25) is 0 Å². The number of rotatable bonds is 5. The number of aromatic amines is 1. The molecule has 1 N–H and O–H groups in total. The van der Waals surface area contributed by atoms with Crippen LogP contribution in [-0.2, 0) is 21.8 Å². The Bertz CT molecular complexity index is 488. The van der Waals surface area contributed by atoms with Crippen molar-refractivity contribution in [1.82, 2.24) is 4.98 Å². The first kappa shape index (κ1) is 14.6. The highest BCUT2D eigenvalue weighted by atomic mass is 35.5. The van der Waals surface area contributed by atoms with Gasteiger partial charge in [-0.05, 0) is 12.5 Å². The van der Waals surface area contributed by atoms with Gasteiger partial charge < -0.3 is 9.72 Å². The lowest BCUT2D eigenvalue weighted by Gasteiger charge is -2.11. The molecule has 4 nitrogen and oxygen atoms in total. The zero-order chi connectivity index (χ0) is 13.7. The highest BCUT2D eigenvalue weighted by Crippen LogP contribution is 2.24. The first-order valence-corrected chi connectivity index (χ1v) is 5.77. The summed E-state index contributed by atoms with van der Waals surface area (Å²) in [7, 11) is 0. The summed E-state index contributed by atoms with van der Waals surface area (Å²) in [5, 5.41) is 0. The molecule has 18 heavy (non-hydrogen) atoms. The van der Waals surface area contributed by atoms with E-state index < -0.39 is 23.5 Å². The minimum Gasteiger partial charge on any atom is -0.466 e. The quantitative estimate of drug-likeness (QED) is 0.664. The summed E-state index contributed by atoms with van der Waals surface area (Å²) in [5.74, 6) is -0.803. The fourth-order valence-corrected chi connectivity index (χ4v) is 1.76. The molecule has 0 spiro atoms. The van der Waals surface area contributed by atoms with E-state index in [-0.39, 0.29) is 30.2 Å². The normalized spacial score (nSPS) is 10.7. The van der Waals surface area contributed by atoms with E-state index in [1.807, 2.05) is 0 Å². The zero-order valence-electron chi connectivity index (χ0n) is 9.63. The predicted molar refractivity (Wildman–Crippen MR) is 61.9 cm³/mol. The molecule has 1 heterocycles. The van der Waals surface area contributed by atoms with Gasteiger partial charge in [-0.25, -0.2) is 8.78 Å². The number of carbonyl (C=O) groups excluding carboxylic acids is 1. The molecule has 7 heteroatoms. The van der Waals surface area contributed by atoms with Crippen molar-refractivity contribution in [3.8, 4) is 0 Å². The lowest BCUT2D eigenvalue weighted by molar-refractivity contribution is -0.142. The van der Waals surface area contributed by atoms with Gasteiger partial charge in [0.25, 0.3) is 6.43 Å². The molecule has 0 radical (unpaired) electrons. The van der Waals surface area contributed by atoms with Gasteiger partial charge in [0.05, 0.1) is 18.9 Å². The number of halogens is 3. The first-order chi connectivity index (χ1) is 8.49. The number of esters is 1. The second-order valence-electron chi connectivity index (χ2n) is 3.46. The number of alkyl halides is 3. The van der Waals surface area contributed by atoms with Crippen molar-refractivity contribution in [1.29, 1.82) is 0 Å². The van der Waals surface area contributed by atoms with E-state index in [2.05, 4.69) is 4.98 Å². The van der Waals surface area contributed by atoms with Crippen molar-refractivity contribution in [2.24, 2.45) is 0 Å². The summed E-state index contributed by atoms with van der Waals surface area (Å²) >= 11 is 5.57. The number of H-pyrrole nitrogens is 1. The third kappa shape index (κ3) is 3.53. The molecule has 0 amide bonds. The third-order valence-electron chi connectivity index (χ3n) is 2.27. The van der Waals surface area contributed by atoms with Crippen LogP contribution in [-0.4, -0.2) is 17.6 Å². The van der Waals surface area contributed by atoms with E-state index in [4.69, 9.17) is 16.3 Å². The minimum absolute atomic E-state index is 0.0260. The van der Waals surface area contributed by atoms with E-state index in [1.165, 1.54) is 0 Å². The Morgan fingerprint density at radius 1 is 1.56 bits per heavy atom. The SMILES string of the molecule is CCOC(=O)Cc1c(C(F)F)cc(=O)[nH]c1CCl. The van der Waals surface area contributed by atoms with Gasteiger partial charge in [-0.2, -0.15) is 0 Å². The summed E-state index contributed by atoms with van der Waals surface area (Å²) in [4.78, 5) is 24.9. The van der Waals surface area contributed by atoms with Gasteiger partial charge in [-0.3, -0.25) is 9.59 Å².